The van der Waals surface area contributed by atoms with Crippen molar-refractivity contribution in [2.45, 2.75) is 6.92 Å². The molecule has 3 rings (SSSR count). The van der Waals surface area contributed by atoms with Gasteiger partial charge in [0.25, 0.3) is 0 Å². The van der Waals surface area contributed by atoms with Crippen molar-refractivity contribution in [3.63, 3.8) is 0 Å². The molecule has 0 aromatic carbocycles. The van der Waals surface area contributed by atoms with Crippen molar-refractivity contribution in [2.75, 3.05) is 0 Å². The number of carbonyl (C=O) groups is 1. The third kappa shape index (κ3) is 1.82. The highest BCUT2D eigenvalue weighted by Crippen LogP contribution is 2.25. The molecule has 6 heteroatoms. The lowest BCUT2D eigenvalue weighted by Crippen LogP contribution is -2.03. The Kier molecular flexibility index (Phi) is 2.71. The highest BCUT2D eigenvalue weighted by molar-refractivity contribution is 5.95. The van der Waals surface area contributed by atoms with Crippen molar-refractivity contribution in [1.29, 1.82) is 0 Å². The lowest BCUT2D eigenvalue weighted by atomic mass is 10.1. The third-order valence-corrected chi connectivity index (χ3v) is 3.14. The average molecular weight is 268 g/mol. The number of aromatic nitrogens is 4. The summed E-state index contributed by atoms with van der Waals surface area (Å²) in [5, 5.41) is 9.24. The number of aryl methyl sites for hydroxylation is 2. The average Bonchev–Trinajstić information content (AvgIpc) is 2.75. The maximum absolute atomic E-state index is 11.3. The number of rotatable bonds is 2. The quantitative estimate of drug-likeness (QED) is 0.769. The van der Waals surface area contributed by atoms with Gasteiger partial charge in [0.2, 0.25) is 0 Å². The molecule has 100 valence electrons. The van der Waals surface area contributed by atoms with Gasteiger partial charge >= 0.3 is 5.97 Å². The van der Waals surface area contributed by atoms with Crippen LogP contribution in [0.25, 0.3) is 22.6 Å². The number of pyridine rings is 2. The largest absolute Gasteiger partial charge is 0.478 e. The second kappa shape index (κ2) is 4.41. The summed E-state index contributed by atoms with van der Waals surface area (Å²) in [7, 11) is 1.82. The van der Waals surface area contributed by atoms with Crippen molar-refractivity contribution < 1.29 is 9.90 Å². The topological polar surface area (TPSA) is 80.9 Å². The van der Waals surface area contributed by atoms with Crippen LogP contribution in [0.4, 0.5) is 0 Å². The van der Waals surface area contributed by atoms with Gasteiger partial charge in [-0.05, 0) is 24.6 Å². The van der Waals surface area contributed by atoms with Gasteiger partial charge in [0.1, 0.15) is 11.3 Å². The van der Waals surface area contributed by atoms with Crippen LogP contribution in [0.5, 0.6) is 0 Å². The van der Waals surface area contributed by atoms with Crippen LogP contribution in [0.15, 0.2) is 30.7 Å². The molecule has 0 bridgehead atoms. The summed E-state index contributed by atoms with van der Waals surface area (Å²) in [6.07, 6.45) is 4.65. The molecule has 0 spiro atoms. The van der Waals surface area contributed by atoms with Crippen LogP contribution in [-0.2, 0) is 7.05 Å². The van der Waals surface area contributed by atoms with Crippen molar-refractivity contribution in [1.82, 2.24) is 19.5 Å². The number of aromatic carboxylic acids is 1. The molecule has 20 heavy (non-hydrogen) atoms. The van der Waals surface area contributed by atoms with E-state index in [1.165, 1.54) is 6.20 Å². The summed E-state index contributed by atoms with van der Waals surface area (Å²) in [6.45, 7) is 1.94. The number of carboxylic acid groups (broad SMARTS) is 1. The molecular weight excluding hydrogens is 256 g/mol. The first-order valence-electron chi connectivity index (χ1n) is 6.04. The number of fused-ring (bicyclic) bond motifs is 1. The SMILES string of the molecule is Cc1cnc2c(c1)nc(-c1ccncc1C(=O)O)n2C. The molecule has 0 saturated heterocycles. The van der Waals surface area contributed by atoms with E-state index < -0.39 is 5.97 Å². The molecule has 3 aromatic heterocycles. The Morgan fingerprint density at radius 3 is 2.90 bits per heavy atom. The van der Waals surface area contributed by atoms with Gasteiger partial charge in [-0.2, -0.15) is 0 Å². The lowest BCUT2D eigenvalue weighted by molar-refractivity contribution is 0.0697. The molecule has 0 amide bonds. The van der Waals surface area contributed by atoms with Gasteiger partial charge in [-0.25, -0.2) is 14.8 Å². The van der Waals surface area contributed by atoms with Gasteiger partial charge in [0, 0.05) is 31.2 Å². The standard InChI is InChI=1S/C14H12N4O2/c1-8-5-11-13(16-6-8)18(2)12(17-11)9-3-4-15-7-10(9)14(19)20/h3-7H,1-2H3,(H,19,20). The normalized spacial score (nSPS) is 10.9. The first kappa shape index (κ1) is 12.3. The summed E-state index contributed by atoms with van der Waals surface area (Å²) in [4.78, 5) is 24.0. The minimum Gasteiger partial charge on any atom is -0.478 e. The molecule has 1 N–H and O–H groups in total. The fourth-order valence-electron chi connectivity index (χ4n) is 2.18. The smallest absolute Gasteiger partial charge is 0.338 e. The monoisotopic (exact) mass is 268 g/mol. The fourth-order valence-corrected chi connectivity index (χ4v) is 2.18. The van der Waals surface area contributed by atoms with Crippen LogP contribution in [0.1, 0.15) is 15.9 Å². The fraction of sp³-hybridized carbons (Fsp3) is 0.143. The van der Waals surface area contributed by atoms with Gasteiger partial charge in [-0.15, -0.1) is 0 Å². The molecule has 0 aliphatic rings. The Bertz CT molecular complexity index is 823. The van der Waals surface area contributed by atoms with Crippen LogP contribution in [0.3, 0.4) is 0 Å². The van der Waals surface area contributed by atoms with Crippen LogP contribution in [0.2, 0.25) is 0 Å². The summed E-state index contributed by atoms with van der Waals surface area (Å²) in [6, 6.07) is 3.57. The second-order valence-corrected chi connectivity index (χ2v) is 4.58. The predicted octanol–water partition coefficient (Wildman–Crippen LogP) is 2.04. The zero-order chi connectivity index (χ0) is 14.3. The van der Waals surface area contributed by atoms with E-state index in [4.69, 9.17) is 0 Å². The summed E-state index contributed by atoms with van der Waals surface area (Å²) < 4.78 is 1.79. The van der Waals surface area contributed by atoms with E-state index in [2.05, 4.69) is 15.0 Å². The lowest BCUT2D eigenvalue weighted by Gasteiger charge is -2.05. The van der Waals surface area contributed by atoms with E-state index >= 15 is 0 Å². The Morgan fingerprint density at radius 1 is 1.35 bits per heavy atom. The second-order valence-electron chi connectivity index (χ2n) is 4.58. The van der Waals surface area contributed by atoms with E-state index in [0.29, 0.717) is 11.4 Å². The number of carboxylic acids is 1. The molecule has 0 atom stereocenters. The summed E-state index contributed by atoms with van der Waals surface area (Å²) in [5.41, 5.74) is 3.14. The van der Waals surface area contributed by atoms with Crippen LogP contribution < -0.4 is 0 Å². The van der Waals surface area contributed by atoms with E-state index in [-0.39, 0.29) is 5.56 Å². The Labute approximate surface area is 114 Å². The number of hydrogen-bond acceptors (Lipinski definition) is 4. The molecular formula is C14H12N4O2. The van der Waals surface area contributed by atoms with Crippen molar-refractivity contribution in [3.05, 3.63) is 41.9 Å². The molecule has 0 fully saturated rings. The number of hydrogen-bond donors (Lipinski definition) is 1. The Hall–Kier alpha value is -2.76. The van der Waals surface area contributed by atoms with Crippen molar-refractivity contribution in [3.8, 4) is 11.4 Å². The third-order valence-electron chi connectivity index (χ3n) is 3.14. The number of imidazole rings is 1. The zero-order valence-corrected chi connectivity index (χ0v) is 11.0. The molecule has 3 heterocycles. The van der Waals surface area contributed by atoms with E-state index in [1.54, 1.807) is 23.0 Å². The first-order chi connectivity index (χ1) is 9.58. The molecule has 0 radical (unpaired) electrons. The predicted molar refractivity (Wildman–Crippen MR) is 73.4 cm³/mol. The highest BCUT2D eigenvalue weighted by Gasteiger charge is 2.17. The van der Waals surface area contributed by atoms with Gasteiger partial charge in [0.15, 0.2) is 5.65 Å². The molecule has 0 saturated carbocycles. The van der Waals surface area contributed by atoms with Gasteiger partial charge in [-0.3, -0.25) is 4.98 Å². The van der Waals surface area contributed by atoms with Crippen LogP contribution in [0, 0.1) is 6.92 Å². The van der Waals surface area contributed by atoms with Gasteiger partial charge in [-0.1, -0.05) is 0 Å². The van der Waals surface area contributed by atoms with Crippen molar-refractivity contribution in [2.24, 2.45) is 7.05 Å². The Balaban J connectivity index is 2.30. The maximum Gasteiger partial charge on any atom is 0.338 e. The maximum atomic E-state index is 11.3. The van der Waals surface area contributed by atoms with E-state index in [0.717, 1.165) is 16.7 Å². The molecule has 0 unspecified atom stereocenters. The first-order valence-corrected chi connectivity index (χ1v) is 6.04. The summed E-state index contributed by atoms with van der Waals surface area (Å²) in [5.74, 6) is -0.456. The van der Waals surface area contributed by atoms with Gasteiger partial charge in [0.05, 0.1) is 5.56 Å². The number of nitrogens with zero attached hydrogens (tertiary/aromatic N) is 4. The van der Waals surface area contributed by atoms with E-state index in [1.807, 2.05) is 20.0 Å². The van der Waals surface area contributed by atoms with Crippen molar-refractivity contribution >= 4 is 17.1 Å². The molecule has 0 aliphatic heterocycles. The Morgan fingerprint density at radius 2 is 2.15 bits per heavy atom. The van der Waals surface area contributed by atoms with E-state index in [9.17, 15) is 9.90 Å². The molecule has 6 nitrogen and oxygen atoms in total. The molecule has 0 aliphatic carbocycles. The molecule has 3 aromatic rings. The van der Waals surface area contributed by atoms with Crippen LogP contribution in [-0.4, -0.2) is 30.6 Å². The summed E-state index contributed by atoms with van der Waals surface area (Å²) >= 11 is 0. The van der Waals surface area contributed by atoms with Gasteiger partial charge < -0.3 is 9.67 Å². The minimum atomic E-state index is -1.02. The minimum absolute atomic E-state index is 0.127. The van der Waals surface area contributed by atoms with Crippen LogP contribution >= 0.6 is 0 Å². The highest BCUT2D eigenvalue weighted by atomic mass is 16.4. The zero-order valence-electron chi connectivity index (χ0n) is 11.0.